The van der Waals surface area contributed by atoms with E-state index in [1.54, 1.807) is 0 Å². The highest BCUT2D eigenvalue weighted by Crippen LogP contribution is 2.75. The van der Waals surface area contributed by atoms with E-state index in [2.05, 4.69) is 79.7 Å². The number of hydrogen-bond donors (Lipinski definition) is 0. The lowest BCUT2D eigenvalue weighted by Gasteiger charge is -2.69. The Bertz CT molecular complexity index is 769. The third kappa shape index (κ3) is 2.41. The molecule has 0 aromatic rings. The van der Waals surface area contributed by atoms with Crippen molar-refractivity contribution in [3.63, 3.8) is 0 Å². The van der Waals surface area contributed by atoms with Crippen molar-refractivity contribution in [3.05, 3.63) is 24.3 Å². The first-order chi connectivity index (χ1) is 13.9. The Morgan fingerprint density at radius 3 is 2.10 bits per heavy atom. The molecule has 0 aliphatic heterocycles. The molecule has 0 saturated heterocycles. The van der Waals surface area contributed by atoms with Gasteiger partial charge in [-0.05, 0) is 101 Å². The molecule has 0 nitrogen and oxygen atoms in total. The van der Waals surface area contributed by atoms with E-state index < -0.39 is 0 Å². The predicted molar refractivity (Wildman–Crippen MR) is 129 cm³/mol. The summed E-state index contributed by atoms with van der Waals surface area (Å²) in [6.45, 7) is 20.8. The molecule has 0 heterocycles. The Balaban J connectivity index is 1.60. The molecule has 0 unspecified atom stereocenters. The maximum Gasteiger partial charge on any atom is -0.00187 e. The maximum atomic E-state index is 2.78. The van der Waals surface area contributed by atoms with E-state index in [1.165, 1.54) is 44.9 Å². The topological polar surface area (TPSA) is 0 Å². The van der Waals surface area contributed by atoms with Gasteiger partial charge in [-0.15, -0.1) is 0 Å². The molecule has 9 atom stereocenters. The van der Waals surface area contributed by atoms with Gasteiger partial charge in [0.05, 0.1) is 0 Å². The molecule has 168 valence electrons. The first-order valence-electron chi connectivity index (χ1n) is 13.3. The number of rotatable bonds is 1. The molecule has 0 N–H and O–H groups in total. The van der Waals surface area contributed by atoms with Crippen molar-refractivity contribution in [3.8, 4) is 0 Å². The third-order valence-electron chi connectivity index (χ3n) is 12.4. The van der Waals surface area contributed by atoms with E-state index in [1.807, 2.05) is 0 Å². The van der Waals surface area contributed by atoms with Crippen LogP contribution in [-0.2, 0) is 0 Å². The van der Waals surface area contributed by atoms with E-state index >= 15 is 0 Å². The van der Waals surface area contributed by atoms with E-state index in [-0.39, 0.29) is 0 Å². The summed E-state index contributed by atoms with van der Waals surface area (Å²) >= 11 is 0. The molecule has 0 bridgehead atoms. The molecule has 0 aromatic heterocycles. The molecule has 0 heteroatoms. The van der Waals surface area contributed by atoms with E-state index in [0.717, 1.165) is 29.6 Å². The Kier molecular flexibility index (Phi) is 4.47. The average Bonchev–Trinajstić information content (AvgIpc) is 2.99. The number of allylic oxidation sites excluding steroid dienone is 4. The van der Waals surface area contributed by atoms with E-state index in [9.17, 15) is 0 Å². The lowest BCUT2D eigenvalue weighted by Crippen LogP contribution is -2.62. The van der Waals surface area contributed by atoms with Crippen LogP contribution in [0.2, 0.25) is 0 Å². The van der Waals surface area contributed by atoms with Crippen molar-refractivity contribution in [2.24, 2.45) is 62.6 Å². The summed E-state index contributed by atoms with van der Waals surface area (Å²) < 4.78 is 0. The monoisotopic (exact) mass is 408 g/mol. The Hall–Kier alpha value is -0.520. The van der Waals surface area contributed by atoms with Gasteiger partial charge in [0.15, 0.2) is 0 Å². The minimum atomic E-state index is 0.301. The SMILES string of the molecule is CC(C)[C@H]1CC[C@]2(C)[C@H]3C=C[C@@H]4[C@@]5(C)CCCC(C)(C)[C@@H]5C=C[C@@]4(C)[C@]3(C)CC[C@@H]12. The van der Waals surface area contributed by atoms with Crippen LogP contribution in [0.15, 0.2) is 24.3 Å². The third-order valence-corrected chi connectivity index (χ3v) is 12.4. The average molecular weight is 409 g/mol. The van der Waals surface area contributed by atoms with Crippen LogP contribution >= 0.6 is 0 Å². The zero-order valence-corrected chi connectivity index (χ0v) is 21.2. The number of fused-ring (bicyclic) bond motifs is 7. The lowest BCUT2D eigenvalue weighted by atomic mass is 9.35. The molecular weight excluding hydrogens is 360 g/mol. The van der Waals surface area contributed by atoms with Crippen LogP contribution in [0, 0.1) is 62.6 Å². The highest BCUT2D eigenvalue weighted by atomic mass is 14.7. The Labute approximate surface area is 187 Å². The zero-order chi connectivity index (χ0) is 21.7. The van der Waals surface area contributed by atoms with Crippen LogP contribution in [0.1, 0.15) is 100 Å². The van der Waals surface area contributed by atoms with Gasteiger partial charge in [0.1, 0.15) is 0 Å². The minimum absolute atomic E-state index is 0.301. The molecule has 5 aliphatic rings. The molecule has 0 spiro atoms. The fourth-order valence-corrected chi connectivity index (χ4v) is 10.7. The van der Waals surface area contributed by atoms with E-state index in [4.69, 9.17) is 0 Å². The molecule has 0 radical (unpaired) electrons. The van der Waals surface area contributed by atoms with Crippen LogP contribution in [-0.4, -0.2) is 0 Å². The summed E-state index contributed by atoms with van der Waals surface area (Å²) in [7, 11) is 0. The van der Waals surface area contributed by atoms with Gasteiger partial charge in [0.2, 0.25) is 0 Å². The molecule has 30 heavy (non-hydrogen) atoms. The largest absolute Gasteiger partial charge is 0.0840 e. The second kappa shape index (κ2) is 6.29. The normalized spacial score (nSPS) is 56.2. The standard InChI is InChI=1S/C30H48/c1-20(2)21-12-17-27(5)22(21)13-18-29(7)24(27)10-11-25-28(6)16-9-15-26(3,4)23(28)14-19-30(25,29)8/h10-11,14,19-25H,9,12-13,15-18H2,1-8H3/t21-,22+,23+,24-,25-,27+,28+,29-,30-/m1/s1. The van der Waals surface area contributed by atoms with Crippen LogP contribution < -0.4 is 0 Å². The number of hydrogen-bond acceptors (Lipinski definition) is 0. The van der Waals surface area contributed by atoms with Gasteiger partial charge in [0.25, 0.3) is 0 Å². The van der Waals surface area contributed by atoms with Gasteiger partial charge < -0.3 is 0 Å². The maximum absolute atomic E-state index is 2.78. The molecule has 0 aromatic carbocycles. The van der Waals surface area contributed by atoms with Gasteiger partial charge in [-0.2, -0.15) is 0 Å². The minimum Gasteiger partial charge on any atom is -0.0840 e. The van der Waals surface area contributed by atoms with E-state index in [0.29, 0.717) is 33.0 Å². The molecule has 5 rings (SSSR count). The Morgan fingerprint density at radius 2 is 1.40 bits per heavy atom. The highest BCUT2D eigenvalue weighted by Gasteiger charge is 2.68. The summed E-state index contributed by atoms with van der Waals surface area (Å²) in [6, 6.07) is 0. The molecule has 0 amide bonds. The summed E-state index contributed by atoms with van der Waals surface area (Å²) in [4.78, 5) is 0. The van der Waals surface area contributed by atoms with Crippen molar-refractivity contribution in [1.82, 2.24) is 0 Å². The quantitative estimate of drug-likeness (QED) is 0.381. The fraction of sp³-hybridized carbons (Fsp3) is 0.867. The summed E-state index contributed by atoms with van der Waals surface area (Å²) in [6.07, 6.45) is 21.0. The van der Waals surface area contributed by atoms with Crippen LogP contribution in [0.4, 0.5) is 0 Å². The molecule has 3 fully saturated rings. The van der Waals surface area contributed by atoms with Gasteiger partial charge >= 0.3 is 0 Å². The van der Waals surface area contributed by atoms with Crippen molar-refractivity contribution in [2.75, 3.05) is 0 Å². The second-order valence-electron chi connectivity index (χ2n) is 14.3. The first kappa shape index (κ1) is 21.3. The van der Waals surface area contributed by atoms with Gasteiger partial charge in [-0.1, -0.05) is 86.1 Å². The van der Waals surface area contributed by atoms with Gasteiger partial charge in [-0.3, -0.25) is 0 Å². The lowest BCUT2D eigenvalue weighted by molar-refractivity contribution is -0.148. The molecular formula is C30H48. The van der Waals surface area contributed by atoms with Gasteiger partial charge in [0, 0.05) is 0 Å². The van der Waals surface area contributed by atoms with Crippen molar-refractivity contribution in [2.45, 2.75) is 100 Å². The van der Waals surface area contributed by atoms with Gasteiger partial charge in [-0.25, -0.2) is 0 Å². The predicted octanol–water partition coefficient (Wildman–Crippen LogP) is 8.69. The highest BCUT2D eigenvalue weighted by molar-refractivity contribution is 5.32. The van der Waals surface area contributed by atoms with Crippen molar-refractivity contribution >= 4 is 0 Å². The zero-order valence-electron chi connectivity index (χ0n) is 21.2. The fourth-order valence-electron chi connectivity index (χ4n) is 10.7. The molecule has 3 saturated carbocycles. The molecule has 5 aliphatic carbocycles. The van der Waals surface area contributed by atoms with Crippen molar-refractivity contribution < 1.29 is 0 Å². The summed E-state index contributed by atoms with van der Waals surface area (Å²) in [5.41, 5.74) is 2.06. The van der Waals surface area contributed by atoms with Crippen LogP contribution in [0.25, 0.3) is 0 Å². The van der Waals surface area contributed by atoms with Crippen molar-refractivity contribution in [1.29, 1.82) is 0 Å². The Morgan fingerprint density at radius 1 is 0.700 bits per heavy atom. The summed E-state index contributed by atoms with van der Waals surface area (Å²) in [5, 5.41) is 0. The van der Waals surface area contributed by atoms with Crippen LogP contribution in [0.5, 0.6) is 0 Å². The second-order valence-corrected chi connectivity index (χ2v) is 14.3. The van der Waals surface area contributed by atoms with Crippen LogP contribution in [0.3, 0.4) is 0 Å². The smallest absolute Gasteiger partial charge is 0.00187 e. The summed E-state index contributed by atoms with van der Waals surface area (Å²) in [5.74, 6) is 4.89. The first-order valence-corrected chi connectivity index (χ1v) is 13.3.